The number of alkyl halides is 18. The first-order valence-electron chi connectivity index (χ1n) is 6.38. The fourth-order valence-corrected chi connectivity index (χ4v) is 5.02. The molecule has 0 aliphatic heterocycles. The summed E-state index contributed by atoms with van der Waals surface area (Å²) in [4.78, 5) is 21.8. The van der Waals surface area contributed by atoms with E-state index < -0.39 is 63.4 Å². The predicted octanol–water partition coefficient (Wildman–Crippen LogP) is 4.57. The Labute approximate surface area is 162 Å². The van der Waals surface area contributed by atoms with Gasteiger partial charge < -0.3 is 8.85 Å². The number of carbonyl (C=O) groups is 2. The normalized spacial score (nSPS) is 15.4. The molecule has 190 valence electrons. The van der Waals surface area contributed by atoms with Crippen LogP contribution in [0.1, 0.15) is 0 Å². The summed E-state index contributed by atoms with van der Waals surface area (Å²) in [5.74, 6) is -55.1. The maximum absolute atomic E-state index is 12.6. The van der Waals surface area contributed by atoms with E-state index in [0.717, 1.165) is 0 Å². The van der Waals surface area contributed by atoms with E-state index in [2.05, 4.69) is 0 Å². The lowest BCUT2D eigenvalue weighted by Crippen LogP contribution is -2.76. The molecule has 0 aliphatic carbocycles. The number of hydrogen-bond acceptors (Lipinski definition) is 4. The van der Waals surface area contributed by atoms with Crippen LogP contribution in [0.15, 0.2) is 0 Å². The van der Waals surface area contributed by atoms with Crippen molar-refractivity contribution in [1.29, 1.82) is 0 Å². The highest BCUT2D eigenvalue weighted by molar-refractivity contribution is 6.83. The molecule has 0 rings (SSSR count). The lowest BCUT2D eigenvalue weighted by molar-refractivity contribution is -0.205. The van der Waals surface area contributed by atoms with Crippen LogP contribution < -0.4 is 0 Å². The van der Waals surface area contributed by atoms with Crippen molar-refractivity contribution in [1.82, 2.24) is 0 Å². The highest BCUT2D eigenvalue weighted by atomic mass is 28.4. The predicted molar refractivity (Wildman–Crippen MR) is 60.0 cm³/mol. The van der Waals surface area contributed by atoms with Crippen molar-refractivity contribution in [2.45, 2.75) is 34.8 Å². The van der Waals surface area contributed by atoms with Crippen LogP contribution >= 0.6 is 0 Å². The standard InChI is InChI=1S/C8F18O4Si2/c9-3(10,11)31(4(12,13)14,5(15,16)17)29-1(27)2(28)30-32(6(18,19)20,7(21,22)23)8(24,25)26. The lowest BCUT2D eigenvalue weighted by Gasteiger charge is -2.36. The Morgan fingerprint density at radius 3 is 0.594 bits per heavy atom. The monoisotopic (exact) mass is 558 g/mol. The Morgan fingerprint density at radius 2 is 0.500 bits per heavy atom. The molecule has 0 saturated carbocycles. The molecule has 0 aromatic carbocycles. The van der Waals surface area contributed by atoms with Crippen molar-refractivity contribution < 1.29 is 97.5 Å². The molecule has 0 aliphatic rings. The van der Waals surface area contributed by atoms with E-state index in [1.807, 2.05) is 8.85 Å². The van der Waals surface area contributed by atoms with Gasteiger partial charge in [-0.15, -0.1) is 0 Å². The van der Waals surface area contributed by atoms with Gasteiger partial charge in [0, 0.05) is 0 Å². The summed E-state index contributed by atoms with van der Waals surface area (Å²) < 4.78 is 230. The van der Waals surface area contributed by atoms with Crippen LogP contribution in [0.5, 0.6) is 0 Å². The second-order valence-corrected chi connectivity index (χ2v) is 11.7. The van der Waals surface area contributed by atoms with Gasteiger partial charge in [-0.2, -0.15) is 79.0 Å². The summed E-state index contributed by atoms with van der Waals surface area (Å²) in [6.45, 7) is 0. The zero-order chi connectivity index (χ0) is 26.6. The Kier molecular flexibility index (Phi) is 7.39. The molecule has 0 N–H and O–H groups in total. The van der Waals surface area contributed by atoms with Crippen molar-refractivity contribution in [2.24, 2.45) is 0 Å². The molecule has 0 radical (unpaired) electrons. The molecule has 24 heteroatoms. The second-order valence-electron chi connectivity index (χ2n) is 5.13. The lowest BCUT2D eigenvalue weighted by atomic mass is 10.7. The third kappa shape index (κ3) is 4.73. The van der Waals surface area contributed by atoms with Gasteiger partial charge in [-0.05, 0) is 0 Å². The molecule has 0 amide bonds. The van der Waals surface area contributed by atoms with Crippen LogP contribution in [0.25, 0.3) is 0 Å². The van der Waals surface area contributed by atoms with Crippen molar-refractivity contribution in [2.75, 3.05) is 0 Å². The zero-order valence-corrected chi connectivity index (χ0v) is 15.4. The molecule has 4 nitrogen and oxygen atoms in total. The van der Waals surface area contributed by atoms with Crippen molar-refractivity contribution in [3.8, 4) is 0 Å². The Morgan fingerprint density at radius 1 is 0.375 bits per heavy atom. The smallest absolute Gasteiger partial charge is 0.488 e. The van der Waals surface area contributed by atoms with E-state index in [4.69, 9.17) is 0 Å². The van der Waals surface area contributed by atoms with E-state index in [9.17, 15) is 88.6 Å². The summed E-state index contributed by atoms with van der Waals surface area (Å²) in [6.07, 6.45) is 0. The molecule has 0 atom stereocenters. The van der Waals surface area contributed by atoms with E-state index in [1.165, 1.54) is 0 Å². The van der Waals surface area contributed by atoms with Gasteiger partial charge in [0.25, 0.3) is 0 Å². The van der Waals surface area contributed by atoms with Gasteiger partial charge in [-0.3, -0.25) is 0 Å². The van der Waals surface area contributed by atoms with Crippen LogP contribution in [0.4, 0.5) is 79.0 Å². The minimum absolute atomic E-state index is 1.95. The van der Waals surface area contributed by atoms with Gasteiger partial charge in [-0.1, -0.05) is 0 Å². The van der Waals surface area contributed by atoms with Gasteiger partial charge >= 0.3 is 63.4 Å². The molecule has 0 aromatic heterocycles. The van der Waals surface area contributed by atoms with Crippen LogP contribution in [-0.2, 0) is 18.4 Å². The maximum Gasteiger partial charge on any atom is 0.599 e. The van der Waals surface area contributed by atoms with Gasteiger partial charge in [0.05, 0.1) is 0 Å². The van der Waals surface area contributed by atoms with E-state index in [0.29, 0.717) is 0 Å². The second kappa shape index (κ2) is 7.86. The SMILES string of the molecule is O=C(O[Si](C(F)(F)F)(C(F)(F)F)C(F)(F)F)C(=O)O[Si](C(F)(F)F)(C(F)(F)F)C(F)(F)F. The van der Waals surface area contributed by atoms with E-state index in [1.54, 1.807) is 0 Å². The first kappa shape index (κ1) is 30.1. The summed E-state index contributed by atoms with van der Waals surface area (Å²) >= 11 is 0. The molecule has 0 heterocycles. The minimum atomic E-state index is -9.72. The first-order valence-corrected chi connectivity index (χ1v) is 10.2. The number of hydrogen-bond donors (Lipinski definition) is 0. The molecule has 0 spiro atoms. The Bertz CT molecular complexity index is 586. The van der Waals surface area contributed by atoms with E-state index in [-0.39, 0.29) is 0 Å². The number of rotatable bonds is 2. The van der Waals surface area contributed by atoms with Gasteiger partial charge in [0.2, 0.25) is 0 Å². The van der Waals surface area contributed by atoms with Gasteiger partial charge in [-0.25, -0.2) is 9.59 Å². The molecular weight excluding hydrogens is 558 g/mol. The van der Waals surface area contributed by atoms with Gasteiger partial charge in [0.1, 0.15) is 0 Å². The average Bonchev–Trinajstić information content (AvgIpc) is 2.41. The van der Waals surface area contributed by atoms with Crippen molar-refractivity contribution in [3.63, 3.8) is 0 Å². The molecule has 32 heavy (non-hydrogen) atoms. The summed E-state index contributed by atoms with van der Waals surface area (Å²) in [5, 5.41) is 0. The van der Waals surface area contributed by atoms with Crippen LogP contribution in [0, 0.1) is 0 Å². The summed E-state index contributed by atoms with van der Waals surface area (Å²) in [7, 11) is -19.4. The Balaban J connectivity index is 6.69. The quantitative estimate of drug-likeness (QED) is 0.283. The highest BCUT2D eigenvalue weighted by Gasteiger charge is 2.94. The largest absolute Gasteiger partial charge is 0.599 e. The number of carbonyl (C=O) groups excluding carboxylic acids is 2. The zero-order valence-electron chi connectivity index (χ0n) is 13.4. The number of halogens is 18. The maximum atomic E-state index is 12.6. The molecule has 0 saturated heterocycles. The van der Waals surface area contributed by atoms with Crippen molar-refractivity contribution >= 4 is 28.6 Å². The highest BCUT2D eigenvalue weighted by Crippen LogP contribution is 2.53. The molecule has 0 bridgehead atoms. The molecular formula is C8F18O4Si2. The topological polar surface area (TPSA) is 52.6 Å². The average molecular weight is 558 g/mol. The Hall–Kier alpha value is -1.89. The summed E-state index contributed by atoms with van der Waals surface area (Å²) in [6, 6.07) is 0. The van der Waals surface area contributed by atoms with Crippen LogP contribution in [0.3, 0.4) is 0 Å². The molecule has 0 aromatic rings. The minimum Gasteiger partial charge on any atom is -0.488 e. The fourth-order valence-electron chi connectivity index (χ4n) is 1.67. The summed E-state index contributed by atoms with van der Waals surface area (Å²) in [5.41, 5.74) is 0. The third-order valence-corrected chi connectivity index (χ3v) is 8.83. The van der Waals surface area contributed by atoms with Crippen LogP contribution in [-0.4, -0.2) is 63.4 Å². The first-order chi connectivity index (χ1) is 13.5. The van der Waals surface area contributed by atoms with Crippen LogP contribution in [0.2, 0.25) is 0 Å². The van der Waals surface area contributed by atoms with E-state index >= 15 is 0 Å². The molecule has 0 unspecified atom stereocenters. The molecule has 0 fully saturated rings. The fraction of sp³-hybridized carbons (Fsp3) is 0.750. The van der Waals surface area contributed by atoms with Crippen molar-refractivity contribution in [3.05, 3.63) is 0 Å². The third-order valence-electron chi connectivity index (χ3n) is 3.05. The van der Waals surface area contributed by atoms with Gasteiger partial charge in [0.15, 0.2) is 0 Å².